The van der Waals surface area contributed by atoms with Gasteiger partial charge in [0.25, 0.3) is 0 Å². The molecule has 3 heteroatoms. The number of rotatable bonds is 5. The second-order valence-electron chi connectivity index (χ2n) is 7.56. The molecule has 0 unspecified atom stereocenters. The van der Waals surface area contributed by atoms with E-state index in [1.165, 1.54) is 5.57 Å². The lowest BCUT2D eigenvalue weighted by atomic mass is 10.1. The molecule has 2 aliphatic rings. The average Bonchev–Trinajstić information content (AvgIpc) is 2.86. The molecule has 0 N–H and O–H groups in total. The van der Waals surface area contributed by atoms with Gasteiger partial charge in [-0.15, -0.1) is 0 Å². The minimum atomic E-state index is -0.376. The van der Waals surface area contributed by atoms with E-state index < -0.39 is 0 Å². The molecule has 23 heavy (non-hydrogen) atoms. The summed E-state index contributed by atoms with van der Waals surface area (Å²) in [4.78, 5) is 24.7. The first-order chi connectivity index (χ1) is 10.7. The number of Topliss-reactive ketones (excluding diaryl/α,β-unsaturated/α-hetero) is 1. The van der Waals surface area contributed by atoms with Gasteiger partial charge >= 0.3 is 5.97 Å². The van der Waals surface area contributed by atoms with E-state index in [0.29, 0.717) is 12.8 Å². The van der Waals surface area contributed by atoms with Crippen molar-refractivity contribution >= 4 is 11.8 Å². The number of hydrogen-bond donors (Lipinski definition) is 0. The fraction of sp³-hybridized carbons (Fsp3) is 0.600. The fourth-order valence-electron chi connectivity index (χ4n) is 3.51. The number of carbonyl (C=O) groups is 2. The van der Waals surface area contributed by atoms with Crippen LogP contribution in [-0.2, 0) is 14.3 Å². The first kappa shape index (κ1) is 17.7. The van der Waals surface area contributed by atoms with Gasteiger partial charge in [-0.25, -0.2) is 0 Å². The topological polar surface area (TPSA) is 43.4 Å². The molecule has 3 nitrogen and oxygen atoms in total. The maximum absolute atomic E-state index is 12.5. The Hall–Kier alpha value is -1.64. The van der Waals surface area contributed by atoms with Gasteiger partial charge in [-0.3, -0.25) is 9.59 Å². The van der Waals surface area contributed by atoms with Crippen LogP contribution in [0.5, 0.6) is 0 Å². The Bertz CT molecular complexity index is 600. The van der Waals surface area contributed by atoms with E-state index in [2.05, 4.69) is 19.9 Å². The molecule has 2 rings (SSSR count). The van der Waals surface area contributed by atoms with Gasteiger partial charge in [-0.2, -0.15) is 0 Å². The summed E-state index contributed by atoms with van der Waals surface area (Å²) in [5.41, 5.74) is 2.89. The maximum Gasteiger partial charge on any atom is 0.310 e. The van der Waals surface area contributed by atoms with Gasteiger partial charge in [0, 0.05) is 5.57 Å². The van der Waals surface area contributed by atoms with Gasteiger partial charge in [-0.05, 0) is 51.0 Å². The summed E-state index contributed by atoms with van der Waals surface area (Å²) in [5.74, 6) is 0.0833. The molecule has 0 heterocycles. The SMILES string of the molecule is C/C=C\CC1=C(C)[C@@H](OC(=O)[C@H]2[C@@H](C=C(C)C)C2(C)C)CC1=O. The number of hydrogen-bond acceptors (Lipinski definition) is 3. The summed E-state index contributed by atoms with van der Waals surface area (Å²) >= 11 is 0. The van der Waals surface area contributed by atoms with Gasteiger partial charge < -0.3 is 4.74 Å². The maximum atomic E-state index is 12.5. The van der Waals surface area contributed by atoms with E-state index in [1.807, 2.05) is 39.8 Å². The van der Waals surface area contributed by atoms with E-state index >= 15 is 0 Å². The largest absolute Gasteiger partial charge is 0.457 e. The third kappa shape index (κ3) is 3.49. The fourth-order valence-corrected chi connectivity index (χ4v) is 3.51. The van der Waals surface area contributed by atoms with E-state index in [0.717, 1.165) is 11.1 Å². The Labute approximate surface area is 139 Å². The van der Waals surface area contributed by atoms with Crippen molar-refractivity contribution in [2.24, 2.45) is 17.3 Å². The first-order valence-electron chi connectivity index (χ1n) is 8.39. The third-order valence-electron chi connectivity index (χ3n) is 5.16. The molecule has 0 saturated heterocycles. The van der Waals surface area contributed by atoms with Crippen LogP contribution in [0.1, 0.15) is 54.4 Å². The monoisotopic (exact) mass is 316 g/mol. The van der Waals surface area contributed by atoms with E-state index in [4.69, 9.17) is 4.74 Å². The Balaban J connectivity index is 2.06. The number of ketones is 1. The Morgan fingerprint density at radius 2 is 2.00 bits per heavy atom. The van der Waals surface area contributed by atoms with Gasteiger partial charge in [0.15, 0.2) is 5.78 Å². The third-order valence-corrected chi connectivity index (χ3v) is 5.16. The molecule has 126 valence electrons. The van der Waals surface area contributed by atoms with Crippen LogP contribution >= 0.6 is 0 Å². The molecule has 2 aliphatic carbocycles. The minimum Gasteiger partial charge on any atom is -0.457 e. The zero-order valence-corrected chi connectivity index (χ0v) is 15.1. The molecule has 1 fully saturated rings. The molecule has 0 radical (unpaired) electrons. The second kappa shape index (κ2) is 6.46. The van der Waals surface area contributed by atoms with E-state index in [9.17, 15) is 9.59 Å². The summed E-state index contributed by atoms with van der Waals surface area (Å²) in [6, 6.07) is 0. The van der Waals surface area contributed by atoms with Crippen molar-refractivity contribution in [2.75, 3.05) is 0 Å². The first-order valence-corrected chi connectivity index (χ1v) is 8.39. The number of ether oxygens (including phenoxy) is 1. The molecule has 0 bridgehead atoms. The van der Waals surface area contributed by atoms with Crippen LogP contribution in [0.25, 0.3) is 0 Å². The summed E-state index contributed by atoms with van der Waals surface area (Å²) in [7, 11) is 0. The number of allylic oxidation sites excluding steroid dienone is 5. The molecule has 0 spiro atoms. The number of esters is 1. The molecular weight excluding hydrogens is 288 g/mol. The summed E-state index contributed by atoms with van der Waals surface area (Å²) in [5, 5.41) is 0. The van der Waals surface area contributed by atoms with Crippen LogP contribution in [-0.4, -0.2) is 17.9 Å². The Morgan fingerprint density at radius 1 is 1.35 bits per heavy atom. The highest BCUT2D eigenvalue weighted by Crippen LogP contribution is 2.60. The zero-order valence-electron chi connectivity index (χ0n) is 15.1. The predicted molar refractivity (Wildman–Crippen MR) is 91.8 cm³/mol. The van der Waals surface area contributed by atoms with Crippen molar-refractivity contribution in [3.8, 4) is 0 Å². The molecular formula is C20H28O3. The van der Waals surface area contributed by atoms with Gasteiger partial charge in [-0.1, -0.05) is 37.6 Å². The lowest BCUT2D eigenvalue weighted by Gasteiger charge is -2.13. The summed E-state index contributed by atoms with van der Waals surface area (Å²) in [6.07, 6.45) is 6.61. The molecule has 0 amide bonds. The van der Waals surface area contributed by atoms with Crippen LogP contribution in [0.3, 0.4) is 0 Å². The number of carbonyl (C=O) groups excluding carboxylic acids is 2. The smallest absolute Gasteiger partial charge is 0.310 e. The van der Waals surface area contributed by atoms with E-state index in [-0.39, 0.29) is 35.1 Å². The molecule has 0 aromatic heterocycles. The van der Waals surface area contributed by atoms with E-state index in [1.54, 1.807) is 0 Å². The lowest BCUT2D eigenvalue weighted by molar-refractivity contribution is -0.150. The highest BCUT2D eigenvalue weighted by molar-refractivity contribution is 6.00. The van der Waals surface area contributed by atoms with Crippen molar-refractivity contribution in [1.82, 2.24) is 0 Å². The van der Waals surface area contributed by atoms with Crippen molar-refractivity contribution in [3.63, 3.8) is 0 Å². The standard InChI is InChI=1S/C20H28O3/c1-7-8-9-14-13(4)17(11-16(14)21)23-19(22)18-15(10-12(2)3)20(18,5)6/h7-8,10,15,17-18H,9,11H2,1-6H3/b8-7-/t15-,17+,18-/m1/s1. The van der Waals surface area contributed by atoms with Crippen molar-refractivity contribution in [3.05, 3.63) is 34.9 Å². The highest BCUT2D eigenvalue weighted by atomic mass is 16.5. The quantitative estimate of drug-likeness (QED) is 0.558. The van der Waals surface area contributed by atoms with Crippen molar-refractivity contribution < 1.29 is 14.3 Å². The van der Waals surface area contributed by atoms with Gasteiger partial charge in [0.05, 0.1) is 12.3 Å². The molecule has 0 aromatic carbocycles. The normalized spacial score (nSPS) is 29.1. The minimum absolute atomic E-state index is 0.0532. The van der Waals surface area contributed by atoms with Crippen LogP contribution in [0.15, 0.2) is 34.9 Å². The summed E-state index contributed by atoms with van der Waals surface area (Å²) < 4.78 is 5.70. The average molecular weight is 316 g/mol. The molecule has 0 aromatic rings. The van der Waals surface area contributed by atoms with Gasteiger partial charge in [0.2, 0.25) is 0 Å². The zero-order chi connectivity index (χ0) is 17.4. The Kier molecular flexibility index (Phi) is 4.98. The molecule has 1 saturated carbocycles. The predicted octanol–water partition coefficient (Wildman–Crippen LogP) is 4.39. The highest BCUT2D eigenvalue weighted by Gasteiger charge is 2.61. The van der Waals surface area contributed by atoms with Crippen LogP contribution in [0.2, 0.25) is 0 Å². The second-order valence-corrected chi connectivity index (χ2v) is 7.56. The van der Waals surface area contributed by atoms with Crippen molar-refractivity contribution in [1.29, 1.82) is 0 Å². The lowest BCUT2D eigenvalue weighted by Crippen LogP contribution is -2.20. The summed E-state index contributed by atoms with van der Waals surface area (Å²) in [6.45, 7) is 12.1. The molecule has 3 atom stereocenters. The molecule has 0 aliphatic heterocycles. The Morgan fingerprint density at radius 3 is 2.57 bits per heavy atom. The van der Waals surface area contributed by atoms with Crippen LogP contribution in [0.4, 0.5) is 0 Å². The van der Waals surface area contributed by atoms with Crippen LogP contribution in [0, 0.1) is 17.3 Å². The van der Waals surface area contributed by atoms with Crippen LogP contribution < -0.4 is 0 Å². The van der Waals surface area contributed by atoms with Gasteiger partial charge in [0.1, 0.15) is 6.10 Å². The van der Waals surface area contributed by atoms with Crippen molar-refractivity contribution in [2.45, 2.75) is 60.5 Å².